The quantitative estimate of drug-likeness (QED) is 0.746. The van der Waals surface area contributed by atoms with Crippen molar-refractivity contribution in [2.24, 2.45) is 5.73 Å². The van der Waals surface area contributed by atoms with Crippen LogP contribution in [0.3, 0.4) is 0 Å². The van der Waals surface area contributed by atoms with Crippen LogP contribution < -0.4 is 5.73 Å². The van der Waals surface area contributed by atoms with Crippen molar-refractivity contribution in [2.75, 3.05) is 0 Å². The zero-order chi connectivity index (χ0) is 9.97. The van der Waals surface area contributed by atoms with E-state index in [1.54, 1.807) is 13.1 Å². The topological polar surface area (TPSA) is 82.8 Å². The molecule has 2 aromatic rings. The maximum Gasteiger partial charge on any atom is 0.236 e. The Kier molecular flexibility index (Phi) is 2.28. The first kappa shape index (κ1) is 8.89. The molecule has 0 atom stereocenters. The summed E-state index contributed by atoms with van der Waals surface area (Å²) in [5.41, 5.74) is 5.50. The van der Waals surface area contributed by atoms with Gasteiger partial charge in [0.2, 0.25) is 11.8 Å². The first-order valence-electron chi connectivity index (χ1n) is 4.28. The van der Waals surface area contributed by atoms with E-state index in [2.05, 4.69) is 15.2 Å². The van der Waals surface area contributed by atoms with Gasteiger partial charge in [-0.15, -0.1) is 10.2 Å². The summed E-state index contributed by atoms with van der Waals surface area (Å²) in [6.07, 6.45) is 3.53. The molecule has 74 valence electrons. The van der Waals surface area contributed by atoms with Crippen LogP contribution in [0.1, 0.15) is 17.6 Å². The molecule has 0 saturated heterocycles. The highest BCUT2D eigenvalue weighted by Crippen LogP contribution is 2.03. The Balaban J connectivity index is 2.18. The third-order valence-corrected chi connectivity index (χ3v) is 1.86. The Morgan fingerprint density at radius 1 is 1.50 bits per heavy atom. The minimum Gasteiger partial charge on any atom is -0.424 e. The van der Waals surface area contributed by atoms with E-state index >= 15 is 0 Å². The van der Waals surface area contributed by atoms with Crippen LogP contribution in [-0.2, 0) is 13.1 Å². The molecule has 2 aromatic heterocycles. The normalized spacial score (nSPS) is 10.7. The molecule has 0 bridgehead atoms. The molecule has 0 amide bonds. The van der Waals surface area contributed by atoms with Gasteiger partial charge in [-0.1, -0.05) is 0 Å². The van der Waals surface area contributed by atoms with E-state index in [9.17, 15) is 0 Å². The van der Waals surface area contributed by atoms with E-state index < -0.39 is 0 Å². The van der Waals surface area contributed by atoms with Crippen molar-refractivity contribution in [3.63, 3.8) is 0 Å². The predicted molar refractivity (Wildman–Crippen MR) is 48.3 cm³/mol. The van der Waals surface area contributed by atoms with Crippen molar-refractivity contribution in [3.8, 4) is 0 Å². The molecule has 0 fully saturated rings. The van der Waals surface area contributed by atoms with Gasteiger partial charge in [0.25, 0.3) is 0 Å². The molecule has 0 radical (unpaired) electrons. The Morgan fingerprint density at radius 2 is 2.36 bits per heavy atom. The van der Waals surface area contributed by atoms with E-state index in [0.29, 0.717) is 24.9 Å². The fourth-order valence-corrected chi connectivity index (χ4v) is 1.22. The fraction of sp³-hybridized carbons (Fsp3) is 0.375. The lowest BCUT2D eigenvalue weighted by Gasteiger charge is -2.01. The smallest absolute Gasteiger partial charge is 0.236 e. The zero-order valence-electron chi connectivity index (χ0n) is 7.84. The minimum atomic E-state index is 0.403. The summed E-state index contributed by atoms with van der Waals surface area (Å²) < 4.78 is 7.13. The van der Waals surface area contributed by atoms with Gasteiger partial charge in [0.1, 0.15) is 12.4 Å². The lowest BCUT2D eigenvalue weighted by molar-refractivity contribution is 0.451. The second-order valence-corrected chi connectivity index (χ2v) is 2.89. The Morgan fingerprint density at radius 3 is 3.00 bits per heavy atom. The van der Waals surface area contributed by atoms with E-state index in [-0.39, 0.29) is 0 Å². The van der Waals surface area contributed by atoms with Crippen LogP contribution in [0.15, 0.2) is 16.8 Å². The molecule has 0 aliphatic rings. The molecular weight excluding hydrogens is 182 g/mol. The summed E-state index contributed by atoms with van der Waals surface area (Å²) in [5, 5.41) is 7.63. The molecule has 0 unspecified atom stereocenters. The number of rotatable bonds is 3. The highest BCUT2D eigenvalue weighted by molar-refractivity contribution is 4.94. The van der Waals surface area contributed by atoms with Gasteiger partial charge in [-0.3, -0.25) is 0 Å². The van der Waals surface area contributed by atoms with Crippen LogP contribution in [0.2, 0.25) is 0 Å². The summed E-state index contributed by atoms with van der Waals surface area (Å²) >= 11 is 0. The molecule has 2 N–H and O–H groups in total. The molecule has 2 heterocycles. The number of hydrogen-bond acceptors (Lipinski definition) is 5. The fourth-order valence-electron chi connectivity index (χ4n) is 1.22. The van der Waals surface area contributed by atoms with Crippen molar-refractivity contribution in [1.82, 2.24) is 19.7 Å². The van der Waals surface area contributed by atoms with Gasteiger partial charge in [-0.2, -0.15) is 0 Å². The molecule has 0 saturated carbocycles. The number of nitrogens with two attached hydrogens (primary N) is 1. The summed E-state index contributed by atoms with van der Waals surface area (Å²) in [6.45, 7) is 2.68. The molecule has 6 nitrogen and oxygen atoms in total. The SMILES string of the molecule is Cc1nnc(Cn2ccnc2CN)o1. The number of aryl methyl sites for hydroxylation is 1. The van der Waals surface area contributed by atoms with E-state index in [1.165, 1.54) is 0 Å². The average Bonchev–Trinajstić information content (AvgIpc) is 2.76. The van der Waals surface area contributed by atoms with Gasteiger partial charge in [0.05, 0.1) is 6.54 Å². The van der Waals surface area contributed by atoms with E-state index in [0.717, 1.165) is 5.82 Å². The molecular formula is C8H11N5O. The lowest BCUT2D eigenvalue weighted by atomic mass is 10.5. The van der Waals surface area contributed by atoms with E-state index in [1.807, 2.05) is 10.8 Å². The Labute approximate surface area is 80.8 Å². The number of aromatic nitrogens is 4. The second-order valence-electron chi connectivity index (χ2n) is 2.89. The highest BCUT2D eigenvalue weighted by atomic mass is 16.4. The van der Waals surface area contributed by atoms with E-state index in [4.69, 9.17) is 10.2 Å². The number of nitrogens with zero attached hydrogens (tertiary/aromatic N) is 4. The number of hydrogen-bond donors (Lipinski definition) is 1. The zero-order valence-corrected chi connectivity index (χ0v) is 7.84. The molecule has 0 aliphatic carbocycles. The maximum atomic E-state index is 5.50. The summed E-state index contributed by atoms with van der Waals surface area (Å²) in [6, 6.07) is 0. The van der Waals surface area contributed by atoms with Crippen LogP contribution in [0.4, 0.5) is 0 Å². The molecule has 0 aliphatic heterocycles. The minimum absolute atomic E-state index is 0.403. The highest BCUT2D eigenvalue weighted by Gasteiger charge is 2.06. The molecule has 0 aromatic carbocycles. The van der Waals surface area contributed by atoms with Gasteiger partial charge in [-0.05, 0) is 0 Å². The third-order valence-electron chi connectivity index (χ3n) is 1.86. The van der Waals surface area contributed by atoms with Gasteiger partial charge < -0.3 is 14.7 Å². The van der Waals surface area contributed by atoms with Crippen molar-refractivity contribution < 1.29 is 4.42 Å². The van der Waals surface area contributed by atoms with Gasteiger partial charge in [-0.25, -0.2) is 4.98 Å². The van der Waals surface area contributed by atoms with Crippen molar-refractivity contribution in [1.29, 1.82) is 0 Å². The van der Waals surface area contributed by atoms with Gasteiger partial charge in [0.15, 0.2) is 0 Å². The van der Waals surface area contributed by atoms with Crippen LogP contribution in [0.25, 0.3) is 0 Å². The largest absolute Gasteiger partial charge is 0.424 e. The van der Waals surface area contributed by atoms with Crippen LogP contribution in [0.5, 0.6) is 0 Å². The summed E-state index contributed by atoms with van der Waals surface area (Å²) in [4.78, 5) is 4.09. The first-order valence-corrected chi connectivity index (χ1v) is 4.28. The average molecular weight is 193 g/mol. The summed E-state index contributed by atoms with van der Waals surface area (Å²) in [5.74, 6) is 1.94. The lowest BCUT2D eigenvalue weighted by Crippen LogP contribution is -2.08. The summed E-state index contributed by atoms with van der Waals surface area (Å²) in [7, 11) is 0. The number of imidazole rings is 1. The van der Waals surface area contributed by atoms with Crippen LogP contribution >= 0.6 is 0 Å². The predicted octanol–water partition coefficient (Wildman–Crippen LogP) is 0.0815. The standard InChI is InChI=1S/C8H11N5O/c1-6-11-12-8(14-6)5-13-3-2-10-7(13)4-9/h2-3H,4-5,9H2,1H3. The Hall–Kier alpha value is -1.69. The third kappa shape index (κ3) is 1.64. The molecule has 6 heteroatoms. The first-order chi connectivity index (χ1) is 6.79. The van der Waals surface area contributed by atoms with Crippen molar-refractivity contribution in [3.05, 3.63) is 30.0 Å². The van der Waals surface area contributed by atoms with Crippen molar-refractivity contribution in [2.45, 2.75) is 20.0 Å². The van der Waals surface area contributed by atoms with Crippen LogP contribution in [-0.4, -0.2) is 19.7 Å². The monoisotopic (exact) mass is 193 g/mol. The second kappa shape index (κ2) is 3.59. The molecule has 0 spiro atoms. The molecule has 2 rings (SSSR count). The maximum absolute atomic E-state index is 5.50. The Bertz CT molecular complexity index is 419. The van der Waals surface area contributed by atoms with Gasteiger partial charge >= 0.3 is 0 Å². The van der Waals surface area contributed by atoms with Crippen molar-refractivity contribution >= 4 is 0 Å². The molecule has 14 heavy (non-hydrogen) atoms. The van der Waals surface area contributed by atoms with Gasteiger partial charge in [0, 0.05) is 19.3 Å². The van der Waals surface area contributed by atoms with Crippen LogP contribution in [0, 0.1) is 6.92 Å².